The molecule has 5 nitrogen and oxygen atoms in total. The maximum atomic E-state index is 12.9. The number of hydrogen-bond donors (Lipinski definition) is 1. The van der Waals surface area contributed by atoms with E-state index in [1.54, 1.807) is 12.1 Å². The fraction of sp³-hybridized carbons (Fsp3) is 0.381. The summed E-state index contributed by atoms with van der Waals surface area (Å²) >= 11 is 0. The summed E-state index contributed by atoms with van der Waals surface area (Å²) in [6, 6.07) is 14.5. The van der Waals surface area contributed by atoms with E-state index >= 15 is 0 Å². The van der Waals surface area contributed by atoms with Gasteiger partial charge >= 0.3 is 0 Å². The average molecular weight is 387 g/mol. The van der Waals surface area contributed by atoms with Gasteiger partial charge in [0.1, 0.15) is 0 Å². The van der Waals surface area contributed by atoms with Crippen LogP contribution >= 0.6 is 0 Å². The lowest BCUT2D eigenvalue weighted by molar-refractivity contribution is 0.0934. The van der Waals surface area contributed by atoms with E-state index in [9.17, 15) is 13.2 Å². The molecule has 2 aromatic rings. The number of aryl methyl sites for hydroxylation is 1. The van der Waals surface area contributed by atoms with Gasteiger partial charge in [-0.2, -0.15) is 4.31 Å². The van der Waals surface area contributed by atoms with Gasteiger partial charge in [-0.3, -0.25) is 4.79 Å². The quantitative estimate of drug-likeness (QED) is 0.824. The SMILES string of the molecule is CCC(NC(=O)c1cc(S(=O)(=O)N2CCCC2)ccc1C)c1ccccc1. The largest absolute Gasteiger partial charge is 0.345 e. The molecule has 1 saturated heterocycles. The van der Waals surface area contributed by atoms with Crippen molar-refractivity contribution < 1.29 is 13.2 Å². The first kappa shape index (κ1) is 19.6. The van der Waals surface area contributed by atoms with Gasteiger partial charge in [-0.25, -0.2) is 8.42 Å². The summed E-state index contributed by atoms with van der Waals surface area (Å²) in [4.78, 5) is 13.1. The van der Waals surface area contributed by atoms with Crippen LogP contribution in [0.4, 0.5) is 0 Å². The van der Waals surface area contributed by atoms with Crippen LogP contribution in [0, 0.1) is 6.92 Å². The van der Waals surface area contributed by atoms with Crippen molar-refractivity contribution in [1.29, 1.82) is 0 Å². The molecule has 0 aromatic heterocycles. The van der Waals surface area contributed by atoms with Gasteiger partial charge < -0.3 is 5.32 Å². The topological polar surface area (TPSA) is 66.5 Å². The van der Waals surface area contributed by atoms with Gasteiger partial charge in [-0.05, 0) is 49.4 Å². The Hall–Kier alpha value is -2.18. The standard InChI is InChI=1S/C21H26N2O3S/c1-3-20(17-9-5-4-6-10-17)22-21(24)19-15-18(12-11-16(19)2)27(25,26)23-13-7-8-14-23/h4-6,9-12,15,20H,3,7-8,13-14H2,1-2H3,(H,22,24). The van der Waals surface area contributed by atoms with Gasteiger partial charge in [0.05, 0.1) is 10.9 Å². The van der Waals surface area contributed by atoms with E-state index in [2.05, 4.69) is 5.32 Å². The van der Waals surface area contributed by atoms with E-state index in [0.717, 1.165) is 30.4 Å². The van der Waals surface area contributed by atoms with Gasteiger partial charge in [0.25, 0.3) is 5.91 Å². The molecule has 0 aliphatic carbocycles. The summed E-state index contributed by atoms with van der Waals surface area (Å²) in [5, 5.41) is 3.04. The Labute approximate surface area is 161 Å². The van der Waals surface area contributed by atoms with Crippen molar-refractivity contribution in [2.45, 2.75) is 44.0 Å². The first-order chi connectivity index (χ1) is 12.9. The summed E-state index contributed by atoms with van der Waals surface area (Å²) in [6.45, 7) is 4.93. The third-order valence-electron chi connectivity index (χ3n) is 5.07. The van der Waals surface area contributed by atoms with Crippen LogP contribution in [0.15, 0.2) is 53.4 Å². The van der Waals surface area contributed by atoms with Gasteiger partial charge in [0, 0.05) is 18.7 Å². The highest BCUT2D eigenvalue weighted by Gasteiger charge is 2.28. The number of benzene rings is 2. The molecule has 27 heavy (non-hydrogen) atoms. The molecule has 1 atom stereocenters. The predicted molar refractivity (Wildman–Crippen MR) is 106 cm³/mol. The van der Waals surface area contributed by atoms with Crippen molar-refractivity contribution in [1.82, 2.24) is 9.62 Å². The maximum Gasteiger partial charge on any atom is 0.252 e. The third kappa shape index (κ3) is 4.22. The Balaban J connectivity index is 1.86. The number of rotatable bonds is 6. The molecule has 0 saturated carbocycles. The lowest BCUT2D eigenvalue weighted by Gasteiger charge is -2.19. The van der Waals surface area contributed by atoms with E-state index in [1.165, 1.54) is 10.4 Å². The Morgan fingerprint density at radius 2 is 1.78 bits per heavy atom. The van der Waals surface area contributed by atoms with Crippen molar-refractivity contribution in [3.63, 3.8) is 0 Å². The molecule has 2 aromatic carbocycles. The number of nitrogens with zero attached hydrogens (tertiary/aromatic N) is 1. The minimum atomic E-state index is -3.54. The van der Waals surface area contributed by atoms with E-state index in [1.807, 2.05) is 44.2 Å². The molecule has 0 bridgehead atoms. The lowest BCUT2D eigenvalue weighted by atomic mass is 10.0. The summed E-state index contributed by atoms with van der Waals surface area (Å²) in [5.41, 5.74) is 2.20. The fourth-order valence-electron chi connectivity index (χ4n) is 3.43. The maximum absolute atomic E-state index is 12.9. The molecule has 1 aliphatic rings. The molecular weight excluding hydrogens is 360 g/mol. The second kappa shape index (κ2) is 8.23. The molecule has 1 N–H and O–H groups in total. The summed E-state index contributed by atoms with van der Waals surface area (Å²) in [6.07, 6.45) is 2.52. The molecule has 0 radical (unpaired) electrons. The van der Waals surface area contributed by atoms with Crippen molar-refractivity contribution in [3.05, 3.63) is 65.2 Å². The summed E-state index contributed by atoms with van der Waals surface area (Å²) in [7, 11) is -3.54. The molecule has 6 heteroatoms. The second-order valence-electron chi connectivity index (χ2n) is 6.93. The monoisotopic (exact) mass is 386 g/mol. The van der Waals surface area contributed by atoms with Crippen LogP contribution in [0.1, 0.15) is 53.7 Å². The van der Waals surface area contributed by atoms with E-state index in [0.29, 0.717) is 18.7 Å². The van der Waals surface area contributed by atoms with Crippen LogP contribution in [-0.4, -0.2) is 31.7 Å². The highest BCUT2D eigenvalue weighted by atomic mass is 32.2. The fourth-order valence-corrected chi connectivity index (χ4v) is 4.97. The minimum absolute atomic E-state index is 0.114. The second-order valence-corrected chi connectivity index (χ2v) is 8.87. The van der Waals surface area contributed by atoms with E-state index in [-0.39, 0.29) is 16.8 Å². The Morgan fingerprint density at radius 3 is 2.41 bits per heavy atom. The molecule has 1 amide bonds. The van der Waals surface area contributed by atoms with Crippen LogP contribution in [-0.2, 0) is 10.0 Å². The number of carbonyl (C=O) groups excluding carboxylic acids is 1. The van der Waals surface area contributed by atoms with Crippen molar-refractivity contribution in [2.24, 2.45) is 0 Å². The lowest BCUT2D eigenvalue weighted by Crippen LogP contribution is -2.30. The van der Waals surface area contributed by atoms with Gasteiger partial charge in [-0.1, -0.05) is 43.3 Å². The number of hydrogen-bond acceptors (Lipinski definition) is 3. The van der Waals surface area contributed by atoms with E-state index in [4.69, 9.17) is 0 Å². The van der Waals surface area contributed by atoms with Crippen LogP contribution in [0.25, 0.3) is 0 Å². The molecule has 0 spiro atoms. The highest BCUT2D eigenvalue weighted by molar-refractivity contribution is 7.89. The molecule has 1 fully saturated rings. The minimum Gasteiger partial charge on any atom is -0.345 e. The van der Waals surface area contributed by atoms with Crippen LogP contribution < -0.4 is 5.32 Å². The molecule has 3 rings (SSSR count). The van der Waals surface area contributed by atoms with Gasteiger partial charge in [0.2, 0.25) is 10.0 Å². The Kier molecular flexibility index (Phi) is 5.97. The highest BCUT2D eigenvalue weighted by Crippen LogP contribution is 2.24. The Morgan fingerprint density at radius 1 is 1.11 bits per heavy atom. The molecule has 144 valence electrons. The summed E-state index contributed by atoms with van der Waals surface area (Å²) < 4.78 is 27.1. The first-order valence-electron chi connectivity index (χ1n) is 9.40. The van der Waals surface area contributed by atoms with Crippen LogP contribution in [0.2, 0.25) is 0 Å². The first-order valence-corrected chi connectivity index (χ1v) is 10.8. The number of amides is 1. The Bertz CT molecular complexity index is 904. The molecule has 1 aliphatic heterocycles. The van der Waals surface area contributed by atoms with Crippen LogP contribution in [0.3, 0.4) is 0 Å². The number of carbonyl (C=O) groups is 1. The predicted octanol–water partition coefficient (Wildman–Crippen LogP) is 3.66. The van der Waals surface area contributed by atoms with Crippen LogP contribution in [0.5, 0.6) is 0 Å². The van der Waals surface area contributed by atoms with Gasteiger partial charge in [0.15, 0.2) is 0 Å². The molecular formula is C21H26N2O3S. The average Bonchev–Trinajstić information content (AvgIpc) is 3.22. The molecule has 1 unspecified atom stereocenters. The normalized spacial score (nSPS) is 16.2. The number of nitrogens with one attached hydrogen (secondary N) is 1. The summed E-state index contributed by atoms with van der Waals surface area (Å²) in [5.74, 6) is -0.248. The number of sulfonamides is 1. The van der Waals surface area contributed by atoms with E-state index < -0.39 is 10.0 Å². The smallest absolute Gasteiger partial charge is 0.252 e. The van der Waals surface area contributed by atoms with Crippen molar-refractivity contribution in [3.8, 4) is 0 Å². The zero-order chi connectivity index (χ0) is 19.4. The zero-order valence-corrected chi connectivity index (χ0v) is 16.6. The van der Waals surface area contributed by atoms with Crippen molar-refractivity contribution in [2.75, 3.05) is 13.1 Å². The van der Waals surface area contributed by atoms with Gasteiger partial charge in [-0.15, -0.1) is 0 Å². The third-order valence-corrected chi connectivity index (χ3v) is 6.97. The van der Waals surface area contributed by atoms with Crippen molar-refractivity contribution >= 4 is 15.9 Å². The molecule has 1 heterocycles. The zero-order valence-electron chi connectivity index (χ0n) is 15.8.